The highest BCUT2D eigenvalue weighted by atomic mass is 16.5. The molecule has 1 amide bonds. The lowest BCUT2D eigenvalue weighted by Gasteiger charge is -2.39. The predicted octanol–water partition coefficient (Wildman–Crippen LogP) is 2.05. The van der Waals surface area contributed by atoms with E-state index in [1.807, 2.05) is 60.1 Å². The van der Waals surface area contributed by atoms with Crippen molar-refractivity contribution >= 4 is 22.9 Å². The van der Waals surface area contributed by atoms with Crippen LogP contribution in [-0.2, 0) is 7.05 Å². The maximum absolute atomic E-state index is 12.9. The maximum Gasteiger partial charge on any atom is 0.254 e. The Morgan fingerprint density at radius 3 is 2.66 bits per heavy atom. The summed E-state index contributed by atoms with van der Waals surface area (Å²) in [4.78, 5) is 21.5. The van der Waals surface area contributed by atoms with Crippen LogP contribution in [0.2, 0.25) is 0 Å². The zero-order valence-electron chi connectivity index (χ0n) is 16.4. The fourth-order valence-corrected chi connectivity index (χ4v) is 4.08. The highest BCUT2D eigenvalue weighted by molar-refractivity contribution is 5.98. The summed E-state index contributed by atoms with van der Waals surface area (Å²) in [6.07, 6.45) is 0.492. The van der Waals surface area contributed by atoms with Gasteiger partial charge in [0.2, 0.25) is 5.95 Å². The lowest BCUT2D eigenvalue weighted by atomic mass is 10.1. The molecule has 3 heterocycles. The highest BCUT2D eigenvalue weighted by Gasteiger charge is 2.33. The van der Waals surface area contributed by atoms with Crippen molar-refractivity contribution in [1.29, 1.82) is 0 Å². The summed E-state index contributed by atoms with van der Waals surface area (Å²) in [5.74, 6) is 1.67. The van der Waals surface area contributed by atoms with E-state index in [9.17, 15) is 9.90 Å². The van der Waals surface area contributed by atoms with Crippen LogP contribution in [0.4, 0.5) is 5.95 Å². The van der Waals surface area contributed by atoms with Gasteiger partial charge in [0.15, 0.2) is 0 Å². The molecule has 7 heteroatoms. The molecule has 0 aliphatic carbocycles. The molecule has 0 radical (unpaired) electrons. The molecule has 29 heavy (non-hydrogen) atoms. The third kappa shape index (κ3) is 3.31. The van der Waals surface area contributed by atoms with Crippen molar-refractivity contribution in [1.82, 2.24) is 14.5 Å². The molecule has 2 aromatic carbocycles. The molecule has 1 aromatic heterocycles. The van der Waals surface area contributed by atoms with E-state index < -0.39 is 0 Å². The number of aliphatic hydroxyl groups excluding tert-OH is 1. The minimum Gasteiger partial charge on any atom is -0.487 e. The van der Waals surface area contributed by atoms with Gasteiger partial charge in [-0.3, -0.25) is 4.79 Å². The van der Waals surface area contributed by atoms with Gasteiger partial charge in [-0.05, 0) is 36.8 Å². The zero-order valence-corrected chi connectivity index (χ0v) is 16.4. The number of likely N-dealkylation sites (tertiary alicyclic amines) is 1. The summed E-state index contributed by atoms with van der Waals surface area (Å²) < 4.78 is 7.91. The van der Waals surface area contributed by atoms with Gasteiger partial charge in [-0.1, -0.05) is 18.2 Å². The predicted molar refractivity (Wildman–Crippen MR) is 110 cm³/mol. The van der Waals surface area contributed by atoms with Crippen LogP contribution in [0.25, 0.3) is 11.0 Å². The van der Waals surface area contributed by atoms with Gasteiger partial charge in [-0.2, -0.15) is 0 Å². The highest BCUT2D eigenvalue weighted by Crippen LogP contribution is 2.26. The Morgan fingerprint density at radius 2 is 1.93 bits per heavy atom. The van der Waals surface area contributed by atoms with Crippen molar-refractivity contribution in [2.75, 3.05) is 31.1 Å². The first-order valence-corrected chi connectivity index (χ1v) is 9.99. The molecule has 2 aliphatic heterocycles. The van der Waals surface area contributed by atoms with Crippen molar-refractivity contribution in [2.24, 2.45) is 7.05 Å². The van der Waals surface area contributed by atoms with Gasteiger partial charge in [0.25, 0.3) is 5.91 Å². The topological polar surface area (TPSA) is 70.8 Å². The van der Waals surface area contributed by atoms with Gasteiger partial charge >= 0.3 is 0 Å². The number of aliphatic hydroxyl groups is 1. The van der Waals surface area contributed by atoms with Crippen molar-refractivity contribution in [3.63, 3.8) is 0 Å². The third-order valence-electron chi connectivity index (χ3n) is 5.73. The molecule has 0 bridgehead atoms. The molecule has 1 atom stereocenters. The lowest BCUT2D eigenvalue weighted by molar-refractivity contribution is 0.0178. The second-order valence-electron chi connectivity index (χ2n) is 7.83. The van der Waals surface area contributed by atoms with E-state index in [1.165, 1.54) is 0 Å². The van der Waals surface area contributed by atoms with E-state index in [1.54, 1.807) is 4.90 Å². The molecule has 2 saturated heterocycles. The summed E-state index contributed by atoms with van der Waals surface area (Å²) in [6, 6.07) is 15.4. The molecule has 0 saturated carbocycles. The summed E-state index contributed by atoms with van der Waals surface area (Å²) in [7, 11) is 1.97. The average molecular weight is 392 g/mol. The number of imidazole rings is 1. The van der Waals surface area contributed by atoms with E-state index in [4.69, 9.17) is 9.72 Å². The van der Waals surface area contributed by atoms with Crippen molar-refractivity contribution in [3.05, 3.63) is 54.1 Å². The molecule has 7 nitrogen and oxygen atoms in total. The molecule has 0 spiro atoms. The number of anilines is 1. The van der Waals surface area contributed by atoms with Crippen molar-refractivity contribution in [2.45, 2.75) is 18.6 Å². The molecular weight excluding hydrogens is 368 g/mol. The Hall–Kier alpha value is -3.06. The van der Waals surface area contributed by atoms with Gasteiger partial charge in [-0.15, -0.1) is 0 Å². The van der Waals surface area contributed by atoms with Crippen LogP contribution >= 0.6 is 0 Å². The van der Waals surface area contributed by atoms with Gasteiger partial charge < -0.3 is 24.2 Å². The van der Waals surface area contributed by atoms with E-state index in [-0.39, 0.29) is 18.1 Å². The van der Waals surface area contributed by atoms with Crippen LogP contribution in [0.5, 0.6) is 5.75 Å². The number of aromatic nitrogens is 2. The first-order valence-electron chi connectivity index (χ1n) is 9.99. The number of para-hydroxylation sites is 1. The number of rotatable bonds is 4. The SMILES string of the molecule is Cn1c(N2CC[C@H](O)C2)nc2cc(C(=O)N3CC(Oc4ccccc4)C3)ccc21. The normalized spacial score (nSPS) is 19.6. The summed E-state index contributed by atoms with van der Waals surface area (Å²) in [5, 5.41) is 9.81. The fourth-order valence-electron chi connectivity index (χ4n) is 4.08. The minimum absolute atomic E-state index is 0.00334. The fraction of sp³-hybridized carbons (Fsp3) is 0.364. The van der Waals surface area contributed by atoms with E-state index in [2.05, 4.69) is 4.90 Å². The zero-order chi connectivity index (χ0) is 20.0. The van der Waals surface area contributed by atoms with Gasteiger partial charge in [-0.25, -0.2) is 4.98 Å². The molecule has 2 fully saturated rings. The second-order valence-corrected chi connectivity index (χ2v) is 7.83. The number of hydrogen-bond donors (Lipinski definition) is 1. The number of benzene rings is 2. The van der Waals surface area contributed by atoms with E-state index >= 15 is 0 Å². The number of ether oxygens (including phenoxy) is 1. The number of aryl methyl sites for hydroxylation is 1. The van der Waals surface area contributed by atoms with E-state index in [0.29, 0.717) is 25.2 Å². The molecule has 2 aliphatic rings. The Morgan fingerprint density at radius 1 is 1.14 bits per heavy atom. The Balaban J connectivity index is 1.29. The van der Waals surface area contributed by atoms with Gasteiger partial charge in [0.05, 0.1) is 30.2 Å². The van der Waals surface area contributed by atoms with Gasteiger partial charge in [0.1, 0.15) is 11.9 Å². The number of nitrogens with zero attached hydrogens (tertiary/aromatic N) is 4. The molecule has 1 N–H and O–H groups in total. The minimum atomic E-state index is -0.301. The first kappa shape index (κ1) is 18.0. The van der Waals surface area contributed by atoms with Gasteiger partial charge in [0, 0.05) is 25.7 Å². The first-order chi connectivity index (χ1) is 14.1. The number of amides is 1. The van der Waals surface area contributed by atoms with Crippen LogP contribution in [0.1, 0.15) is 16.8 Å². The Kier molecular flexibility index (Phi) is 4.39. The summed E-state index contributed by atoms with van der Waals surface area (Å²) >= 11 is 0. The number of carbonyl (C=O) groups excluding carboxylic acids is 1. The lowest BCUT2D eigenvalue weighted by Crippen LogP contribution is -2.56. The third-order valence-corrected chi connectivity index (χ3v) is 5.73. The van der Waals surface area contributed by atoms with Crippen molar-refractivity contribution in [3.8, 4) is 5.75 Å². The quantitative estimate of drug-likeness (QED) is 0.736. The summed E-state index contributed by atoms with van der Waals surface area (Å²) in [6.45, 7) is 2.57. The molecular formula is C22H24N4O3. The number of carbonyl (C=O) groups is 1. The number of β-amino-alcohol motifs (C(OH)–C–C–N with tert-alkyl or cyclic N) is 1. The maximum atomic E-state index is 12.9. The van der Waals surface area contributed by atoms with Crippen LogP contribution < -0.4 is 9.64 Å². The molecule has 150 valence electrons. The largest absolute Gasteiger partial charge is 0.487 e. The van der Waals surface area contributed by atoms with Crippen LogP contribution in [0, 0.1) is 0 Å². The monoisotopic (exact) mass is 392 g/mol. The molecule has 0 unspecified atom stereocenters. The number of hydrogen-bond acceptors (Lipinski definition) is 5. The smallest absolute Gasteiger partial charge is 0.254 e. The molecule has 5 rings (SSSR count). The standard InChI is InChI=1S/C22H24N4O3/c1-24-20-8-7-15(11-19(20)23-22(24)25-10-9-16(27)12-25)21(28)26-13-18(14-26)29-17-5-3-2-4-6-17/h2-8,11,16,18,27H,9-10,12-14H2,1H3/t16-/m0/s1. The average Bonchev–Trinajstić information content (AvgIpc) is 3.27. The number of fused-ring (bicyclic) bond motifs is 1. The Bertz CT molecular complexity index is 1040. The van der Waals surface area contributed by atoms with Crippen LogP contribution in [0.3, 0.4) is 0 Å². The molecule has 3 aromatic rings. The Labute approximate surface area is 169 Å². The van der Waals surface area contributed by atoms with E-state index in [0.717, 1.165) is 35.7 Å². The van der Waals surface area contributed by atoms with Crippen LogP contribution in [0.15, 0.2) is 48.5 Å². The second kappa shape index (κ2) is 7.08. The summed E-state index contributed by atoms with van der Waals surface area (Å²) in [5.41, 5.74) is 2.42. The van der Waals surface area contributed by atoms with Crippen molar-refractivity contribution < 1.29 is 14.6 Å². The van der Waals surface area contributed by atoms with Crippen LogP contribution in [-0.4, -0.2) is 63.9 Å².